The summed E-state index contributed by atoms with van der Waals surface area (Å²) < 4.78 is 13.0. The molecule has 166 valence electrons. The smallest absolute Gasteiger partial charge is 0.363 e. The van der Waals surface area contributed by atoms with Gasteiger partial charge in [-0.15, -0.1) is 0 Å². The van der Waals surface area contributed by atoms with Gasteiger partial charge < -0.3 is 9.47 Å². The first-order valence-corrected chi connectivity index (χ1v) is 12.0. The number of cyclic esters (lactones) is 1. The number of rotatable bonds is 6. The van der Waals surface area contributed by atoms with Crippen molar-refractivity contribution < 1.29 is 19.2 Å². The molecule has 33 heavy (non-hydrogen) atoms. The molecule has 0 spiro atoms. The first-order valence-electron chi connectivity index (χ1n) is 9.44. The maximum Gasteiger partial charge on any atom is 0.363 e. The van der Waals surface area contributed by atoms with Crippen molar-refractivity contribution in [3.8, 4) is 5.75 Å². The van der Waals surface area contributed by atoms with Gasteiger partial charge in [-0.05, 0) is 87.2 Å². The highest BCUT2D eigenvalue weighted by molar-refractivity contribution is 14.1. The predicted octanol–water partition coefficient (Wildman–Crippen LogP) is 6.38. The van der Waals surface area contributed by atoms with E-state index in [4.69, 9.17) is 21.1 Å². The number of benzene rings is 3. The minimum Gasteiger partial charge on any atom is -0.487 e. The molecule has 0 aromatic heterocycles. The van der Waals surface area contributed by atoms with Crippen LogP contribution in [-0.4, -0.2) is 16.8 Å². The Kier molecular flexibility index (Phi) is 7.29. The van der Waals surface area contributed by atoms with E-state index in [2.05, 4.69) is 50.2 Å². The molecule has 0 bridgehead atoms. The summed E-state index contributed by atoms with van der Waals surface area (Å²) in [7, 11) is 0. The van der Waals surface area contributed by atoms with Gasteiger partial charge in [-0.1, -0.05) is 29.8 Å². The summed E-state index contributed by atoms with van der Waals surface area (Å²) in [4.78, 5) is 26.9. The van der Waals surface area contributed by atoms with E-state index >= 15 is 0 Å². The fourth-order valence-corrected chi connectivity index (χ4v) is 5.30. The Morgan fingerprint density at radius 3 is 2.39 bits per heavy atom. The summed E-state index contributed by atoms with van der Waals surface area (Å²) >= 11 is 10.6. The molecule has 0 radical (unpaired) electrons. The van der Waals surface area contributed by atoms with Crippen LogP contribution < -0.4 is 4.74 Å². The number of esters is 1. The molecule has 1 aliphatic rings. The number of nitrogens with zero attached hydrogens (tertiary/aromatic N) is 2. The number of nitro groups is 1. The van der Waals surface area contributed by atoms with Crippen LogP contribution in [0.2, 0.25) is 5.02 Å². The van der Waals surface area contributed by atoms with Crippen molar-refractivity contribution in [1.82, 2.24) is 0 Å². The standard InChI is InChI=1S/C23H13ClI2N2O5/c24-17-4-2-1-3-15(17)12-32-21-18(25)9-13(10-19(21)26)11-20-23(29)33-22(27-20)14-5-7-16(8-6-14)28(30)31/h1-11H,12H2/b20-11-. The number of nitro benzene ring substituents is 1. The molecular weight excluding hydrogens is 674 g/mol. The number of non-ortho nitro benzene ring substituents is 1. The molecule has 0 saturated heterocycles. The van der Waals surface area contributed by atoms with Crippen LogP contribution in [0, 0.1) is 17.3 Å². The van der Waals surface area contributed by atoms with Gasteiger partial charge in [0, 0.05) is 28.3 Å². The SMILES string of the molecule is O=C1OC(c2ccc([N+](=O)[O-])cc2)=N/C1=C\c1cc(I)c(OCc2ccccc2Cl)c(I)c1. The molecule has 0 unspecified atom stereocenters. The first-order chi connectivity index (χ1) is 15.8. The third kappa shape index (κ3) is 5.53. The summed E-state index contributed by atoms with van der Waals surface area (Å²) in [5.74, 6) is 0.236. The average molecular weight is 687 g/mol. The quantitative estimate of drug-likeness (QED) is 0.0988. The molecule has 7 nitrogen and oxygen atoms in total. The molecule has 0 atom stereocenters. The van der Waals surface area contributed by atoms with E-state index in [1.54, 1.807) is 6.08 Å². The maximum absolute atomic E-state index is 12.3. The van der Waals surface area contributed by atoms with Crippen LogP contribution in [0.3, 0.4) is 0 Å². The number of carbonyl (C=O) groups excluding carboxylic acids is 1. The Morgan fingerprint density at radius 1 is 1.09 bits per heavy atom. The number of hydrogen-bond acceptors (Lipinski definition) is 6. The van der Waals surface area contributed by atoms with Gasteiger partial charge in [-0.2, -0.15) is 0 Å². The number of halogens is 3. The highest BCUT2D eigenvalue weighted by Crippen LogP contribution is 2.32. The number of ether oxygens (including phenoxy) is 2. The highest BCUT2D eigenvalue weighted by Gasteiger charge is 2.25. The zero-order valence-corrected chi connectivity index (χ0v) is 21.7. The van der Waals surface area contributed by atoms with Crippen molar-refractivity contribution in [2.45, 2.75) is 6.61 Å². The van der Waals surface area contributed by atoms with Gasteiger partial charge in [-0.25, -0.2) is 9.79 Å². The lowest BCUT2D eigenvalue weighted by Crippen LogP contribution is -2.05. The number of carbonyl (C=O) groups is 1. The molecule has 10 heteroatoms. The number of hydrogen-bond donors (Lipinski definition) is 0. The summed E-state index contributed by atoms with van der Waals surface area (Å²) in [5, 5.41) is 11.5. The second-order valence-corrected chi connectivity index (χ2v) is 9.57. The van der Waals surface area contributed by atoms with Crippen LogP contribution in [0.5, 0.6) is 5.75 Å². The van der Waals surface area contributed by atoms with Crippen molar-refractivity contribution in [3.63, 3.8) is 0 Å². The van der Waals surface area contributed by atoms with E-state index in [1.807, 2.05) is 36.4 Å². The van der Waals surface area contributed by atoms with Crippen LogP contribution in [0.25, 0.3) is 6.08 Å². The van der Waals surface area contributed by atoms with Gasteiger partial charge in [0.25, 0.3) is 5.69 Å². The van der Waals surface area contributed by atoms with E-state index in [9.17, 15) is 14.9 Å². The van der Waals surface area contributed by atoms with Crippen molar-refractivity contribution in [2.24, 2.45) is 4.99 Å². The van der Waals surface area contributed by atoms with Gasteiger partial charge in [0.05, 0.1) is 12.1 Å². The monoisotopic (exact) mass is 686 g/mol. The molecule has 1 heterocycles. The van der Waals surface area contributed by atoms with Crippen molar-refractivity contribution >= 4 is 80.4 Å². The Labute approximate surface area is 220 Å². The zero-order valence-electron chi connectivity index (χ0n) is 16.6. The molecule has 3 aromatic carbocycles. The third-order valence-corrected chi connectivity index (χ3v) is 6.57. The lowest BCUT2D eigenvalue weighted by molar-refractivity contribution is -0.384. The molecule has 0 N–H and O–H groups in total. The third-order valence-electron chi connectivity index (χ3n) is 4.60. The van der Waals surface area contributed by atoms with E-state index in [0.717, 1.165) is 24.0 Å². The summed E-state index contributed by atoms with van der Waals surface area (Å²) in [6, 6.07) is 16.9. The molecule has 0 aliphatic carbocycles. The average Bonchev–Trinajstić information content (AvgIpc) is 3.14. The van der Waals surface area contributed by atoms with Crippen molar-refractivity contribution in [2.75, 3.05) is 0 Å². The fourth-order valence-electron chi connectivity index (χ4n) is 2.98. The Bertz CT molecular complexity index is 1300. The second-order valence-electron chi connectivity index (χ2n) is 6.83. The first kappa shape index (κ1) is 23.6. The lowest BCUT2D eigenvalue weighted by Gasteiger charge is -2.12. The maximum atomic E-state index is 12.3. The van der Waals surface area contributed by atoms with Crippen LogP contribution in [0.1, 0.15) is 16.7 Å². The molecule has 4 rings (SSSR count). The Morgan fingerprint density at radius 2 is 1.76 bits per heavy atom. The van der Waals surface area contributed by atoms with Gasteiger partial charge >= 0.3 is 5.97 Å². The highest BCUT2D eigenvalue weighted by atomic mass is 127. The fraction of sp³-hybridized carbons (Fsp3) is 0.0435. The largest absolute Gasteiger partial charge is 0.487 e. The van der Waals surface area contributed by atoms with Gasteiger partial charge in [-0.3, -0.25) is 10.1 Å². The molecule has 0 amide bonds. The molecule has 3 aromatic rings. The zero-order chi connectivity index (χ0) is 23.5. The van der Waals surface area contributed by atoms with E-state index in [1.165, 1.54) is 24.3 Å². The molecule has 0 fully saturated rings. The Balaban J connectivity index is 1.55. The lowest BCUT2D eigenvalue weighted by atomic mass is 10.2. The summed E-state index contributed by atoms with van der Waals surface area (Å²) in [6.45, 7) is 0.335. The second kappa shape index (κ2) is 10.2. The minimum absolute atomic E-state index is 0.0552. The van der Waals surface area contributed by atoms with Gasteiger partial charge in [0.2, 0.25) is 5.90 Å². The summed E-state index contributed by atoms with van der Waals surface area (Å²) in [5.41, 5.74) is 2.21. The van der Waals surface area contributed by atoms with Gasteiger partial charge in [0.15, 0.2) is 5.70 Å². The predicted molar refractivity (Wildman–Crippen MR) is 141 cm³/mol. The molecule has 0 saturated carbocycles. The Hall–Kier alpha value is -2.51. The van der Waals surface area contributed by atoms with E-state index in [-0.39, 0.29) is 17.3 Å². The van der Waals surface area contributed by atoms with E-state index in [0.29, 0.717) is 17.2 Å². The van der Waals surface area contributed by atoms with Crippen LogP contribution in [0.4, 0.5) is 5.69 Å². The van der Waals surface area contributed by atoms with Crippen LogP contribution >= 0.6 is 56.8 Å². The normalized spacial score (nSPS) is 14.2. The molecular formula is C23H13ClI2N2O5. The van der Waals surface area contributed by atoms with Gasteiger partial charge in [0.1, 0.15) is 12.4 Å². The summed E-state index contributed by atoms with van der Waals surface area (Å²) in [6.07, 6.45) is 1.63. The van der Waals surface area contributed by atoms with Crippen LogP contribution in [0.15, 0.2) is 71.4 Å². The minimum atomic E-state index is -0.590. The van der Waals surface area contributed by atoms with Crippen molar-refractivity contribution in [3.05, 3.63) is 105 Å². The van der Waals surface area contributed by atoms with E-state index < -0.39 is 10.9 Å². The van der Waals surface area contributed by atoms with Crippen LogP contribution in [-0.2, 0) is 16.1 Å². The molecule has 1 aliphatic heterocycles. The topological polar surface area (TPSA) is 91.0 Å². The number of aliphatic imine (C=N–C) groups is 1. The van der Waals surface area contributed by atoms with Crippen molar-refractivity contribution in [1.29, 1.82) is 0 Å².